The number of hydrogen-bond acceptors (Lipinski definition) is 2. The fourth-order valence-electron chi connectivity index (χ4n) is 1.51. The molecule has 1 aromatic heterocycles. The first-order valence-electron chi connectivity index (χ1n) is 4.45. The first-order chi connectivity index (χ1) is 6.68. The van der Waals surface area contributed by atoms with Gasteiger partial charge in [0.15, 0.2) is 0 Å². The number of hydrogen-bond donors (Lipinski definition) is 1. The molecule has 1 N–H and O–H groups in total. The van der Waals surface area contributed by atoms with Crippen molar-refractivity contribution in [1.29, 1.82) is 0 Å². The van der Waals surface area contributed by atoms with Gasteiger partial charge >= 0.3 is 5.97 Å². The van der Waals surface area contributed by atoms with Gasteiger partial charge in [0.25, 0.3) is 0 Å². The molecule has 0 amide bonds. The lowest BCUT2D eigenvalue weighted by Gasteiger charge is -1.98. The summed E-state index contributed by atoms with van der Waals surface area (Å²) in [5.41, 5.74) is 1.82. The van der Waals surface area contributed by atoms with Crippen LogP contribution in [0.5, 0.6) is 0 Å². The minimum Gasteiger partial charge on any atom is -0.472 e. The van der Waals surface area contributed by atoms with Gasteiger partial charge in [-0.3, -0.25) is 4.68 Å². The quantitative estimate of drug-likeness (QED) is 0.664. The number of aryl methyl sites for hydroxylation is 1. The van der Waals surface area contributed by atoms with Crippen LogP contribution in [-0.4, -0.2) is 20.9 Å². The highest BCUT2D eigenvalue weighted by atomic mass is 16.4. The molecule has 1 aliphatic rings. The lowest BCUT2D eigenvalue weighted by atomic mass is 10.2. The average Bonchev–Trinajstić information content (AvgIpc) is 2.88. The van der Waals surface area contributed by atoms with Crippen LogP contribution in [0.15, 0.2) is 6.20 Å². The van der Waals surface area contributed by atoms with Gasteiger partial charge in [0.2, 0.25) is 0 Å². The van der Waals surface area contributed by atoms with Crippen LogP contribution in [0.4, 0.5) is 0 Å². The highest BCUT2D eigenvalue weighted by Crippen LogP contribution is 2.41. The van der Waals surface area contributed by atoms with Crippen LogP contribution < -0.4 is 0 Å². The molecule has 1 saturated carbocycles. The summed E-state index contributed by atoms with van der Waals surface area (Å²) in [6.45, 7) is 0. The van der Waals surface area contributed by atoms with Crippen molar-refractivity contribution in [2.75, 3.05) is 0 Å². The molecule has 0 bridgehead atoms. The third-order valence-electron chi connectivity index (χ3n) is 2.25. The minimum absolute atomic E-state index is 0.528. The summed E-state index contributed by atoms with van der Waals surface area (Å²) in [5, 5.41) is 12.5. The van der Waals surface area contributed by atoms with Crippen LogP contribution in [-0.2, 0) is 11.8 Å². The molecule has 2 rings (SSSR count). The molecular formula is C10H10N2O2. The monoisotopic (exact) mass is 190 g/mol. The number of aromatic nitrogens is 2. The number of carboxylic acids is 1. The van der Waals surface area contributed by atoms with Gasteiger partial charge in [-0.2, -0.15) is 5.10 Å². The van der Waals surface area contributed by atoms with Crippen molar-refractivity contribution in [2.24, 2.45) is 7.05 Å². The number of rotatable bonds is 1. The van der Waals surface area contributed by atoms with Crippen molar-refractivity contribution in [3.05, 3.63) is 17.5 Å². The minimum atomic E-state index is -1.10. The van der Waals surface area contributed by atoms with Crippen molar-refractivity contribution in [2.45, 2.75) is 18.8 Å². The molecule has 0 radical (unpaired) electrons. The van der Waals surface area contributed by atoms with Crippen LogP contribution in [0.3, 0.4) is 0 Å². The first kappa shape index (κ1) is 8.82. The summed E-state index contributed by atoms with van der Waals surface area (Å²) in [6, 6.07) is 0. The van der Waals surface area contributed by atoms with Crippen LogP contribution in [0.1, 0.15) is 30.0 Å². The Bertz CT molecular complexity index is 433. The van der Waals surface area contributed by atoms with Gasteiger partial charge in [-0.1, -0.05) is 5.92 Å². The largest absolute Gasteiger partial charge is 0.472 e. The fraction of sp³-hybridized carbons (Fsp3) is 0.400. The van der Waals surface area contributed by atoms with E-state index >= 15 is 0 Å². The summed E-state index contributed by atoms with van der Waals surface area (Å²) in [6.07, 6.45) is 3.94. The second kappa shape index (κ2) is 3.18. The molecule has 1 aromatic rings. The predicted octanol–water partition coefficient (Wildman–Crippen LogP) is 0.734. The van der Waals surface area contributed by atoms with Crippen LogP contribution in [0.2, 0.25) is 0 Å². The third kappa shape index (κ3) is 1.62. The van der Waals surface area contributed by atoms with Crippen molar-refractivity contribution in [3.8, 4) is 11.8 Å². The van der Waals surface area contributed by atoms with E-state index in [0.29, 0.717) is 5.92 Å². The van der Waals surface area contributed by atoms with E-state index in [0.717, 1.165) is 24.1 Å². The second-order valence-electron chi connectivity index (χ2n) is 3.40. The van der Waals surface area contributed by atoms with E-state index in [1.807, 2.05) is 7.05 Å². The van der Waals surface area contributed by atoms with E-state index < -0.39 is 5.97 Å². The third-order valence-corrected chi connectivity index (χ3v) is 2.25. The maximum Gasteiger partial charge on any atom is 0.382 e. The van der Waals surface area contributed by atoms with E-state index in [4.69, 9.17) is 5.11 Å². The summed E-state index contributed by atoms with van der Waals surface area (Å²) in [7, 11) is 1.86. The van der Waals surface area contributed by atoms with Gasteiger partial charge in [-0.05, 0) is 12.8 Å². The molecular weight excluding hydrogens is 180 g/mol. The topological polar surface area (TPSA) is 55.1 Å². The molecule has 0 aliphatic heterocycles. The molecule has 0 unspecified atom stereocenters. The SMILES string of the molecule is Cn1ncc(C#CC(=O)O)c1C1CC1. The lowest BCUT2D eigenvalue weighted by molar-refractivity contribution is -0.130. The number of nitrogens with zero attached hydrogens (tertiary/aromatic N) is 2. The Labute approximate surface area is 81.5 Å². The molecule has 1 fully saturated rings. The average molecular weight is 190 g/mol. The van der Waals surface area contributed by atoms with Gasteiger partial charge in [-0.25, -0.2) is 4.79 Å². The summed E-state index contributed by atoms with van der Waals surface area (Å²) in [4.78, 5) is 10.3. The molecule has 4 nitrogen and oxygen atoms in total. The Kier molecular flexibility index (Phi) is 2.01. The van der Waals surface area contributed by atoms with Crippen molar-refractivity contribution in [1.82, 2.24) is 9.78 Å². The highest BCUT2D eigenvalue weighted by molar-refractivity contribution is 5.87. The number of carbonyl (C=O) groups is 1. The Hall–Kier alpha value is -1.76. The van der Waals surface area contributed by atoms with Crippen LogP contribution >= 0.6 is 0 Å². The zero-order valence-corrected chi connectivity index (χ0v) is 7.82. The van der Waals surface area contributed by atoms with Gasteiger partial charge in [0.1, 0.15) is 0 Å². The van der Waals surface area contributed by atoms with Gasteiger partial charge < -0.3 is 5.11 Å². The normalized spacial score (nSPS) is 14.6. The maximum atomic E-state index is 10.3. The molecule has 0 atom stereocenters. The molecule has 1 heterocycles. The van der Waals surface area contributed by atoms with Crippen LogP contribution in [0, 0.1) is 11.8 Å². The Balaban J connectivity index is 2.34. The Morgan fingerprint density at radius 1 is 1.71 bits per heavy atom. The van der Waals surface area contributed by atoms with Crippen molar-refractivity contribution >= 4 is 5.97 Å². The molecule has 4 heteroatoms. The molecule has 0 spiro atoms. The van der Waals surface area contributed by atoms with Crippen molar-refractivity contribution < 1.29 is 9.90 Å². The maximum absolute atomic E-state index is 10.3. The summed E-state index contributed by atoms with van der Waals surface area (Å²) >= 11 is 0. The van der Waals surface area contributed by atoms with Crippen molar-refractivity contribution in [3.63, 3.8) is 0 Å². The molecule has 1 aliphatic carbocycles. The van der Waals surface area contributed by atoms with E-state index in [-0.39, 0.29) is 0 Å². The van der Waals surface area contributed by atoms with Crippen LogP contribution in [0.25, 0.3) is 0 Å². The summed E-state index contributed by atoms with van der Waals surface area (Å²) < 4.78 is 1.78. The first-order valence-corrected chi connectivity index (χ1v) is 4.45. The number of carboxylic acid groups (broad SMARTS) is 1. The zero-order chi connectivity index (χ0) is 10.1. The molecule has 72 valence electrons. The molecule has 14 heavy (non-hydrogen) atoms. The van der Waals surface area contributed by atoms with E-state index in [2.05, 4.69) is 16.9 Å². The lowest BCUT2D eigenvalue weighted by Crippen LogP contribution is -1.97. The molecule has 0 saturated heterocycles. The standard InChI is InChI=1S/C10H10N2O2/c1-12-10(7-2-3-7)8(6-11-12)4-5-9(13)14/h6-7H,2-3H2,1H3,(H,13,14). The van der Waals surface area contributed by atoms with Gasteiger partial charge in [0, 0.05) is 18.9 Å². The summed E-state index contributed by atoms with van der Waals surface area (Å²) in [5.74, 6) is 4.16. The molecule has 0 aromatic carbocycles. The van der Waals surface area contributed by atoms with E-state index in [9.17, 15) is 4.79 Å². The van der Waals surface area contributed by atoms with E-state index in [1.54, 1.807) is 10.9 Å². The van der Waals surface area contributed by atoms with E-state index in [1.165, 1.54) is 0 Å². The van der Waals surface area contributed by atoms with Gasteiger partial charge in [0.05, 0.1) is 17.5 Å². The Morgan fingerprint density at radius 3 is 3.00 bits per heavy atom. The zero-order valence-electron chi connectivity index (χ0n) is 7.82. The predicted molar refractivity (Wildman–Crippen MR) is 49.7 cm³/mol. The highest BCUT2D eigenvalue weighted by Gasteiger charge is 2.28. The number of aliphatic carboxylic acids is 1. The van der Waals surface area contributed by atoms with Gasteiger partial charge in [-0.15, -0.1) is 0 Å². The smallest absolute Gasteiger partial charge is 0.382 e. The Morgan fingerprint density at radius 2 is 2.43 bits per heavy atom. The second-order valence-corrected chi connectivity index (χ2v) is 3.40. The fourth-order valence-corrected chi connectivity index (χ4v) is 1.51.